The molecule has 1 N–H and O–H groups in total. The van der Waals surface area contributed by atoms with Gasteiger partial charge in [-0.1, -0.05) is 32.6 Å². The van der Waals surface area contributed by atoms with Gasteiger partial charge in [0.1, 0.15) is 11.6 Å². The second-order valence-electron chi connectivity index (χ2n) is 5.37. The van der Waals surface area contributed by atoms with Crippen LogP contribution in [0.15, 0.2) is 6.07 Å². The van der Waals surface area contributed by atoms with E-state index in [1.807, 2.05) is 0 Å². The molecule has 3 heteroatoms. The summed E-state index contributed by atoms with van der Waals surface area (Å²) in [6.45, 7) is 5.23. The van der Waals surface area contributed by atoms with E-state index < -0.39 is 0 Å². The van der Waals surface area contributed by atoms with Crippen LogP contribution in [0.25, 0.3) is 0 Å². The van der Waals surface area contributed by atoms with Crippen LogP contribution in [-0.2, 0) is 0 Å². The number of anilines is 1. The van der Waals surface area contributed by atoms with Crippen molar-refractivity contribution in [1.82, 2.24) is 9.97 Å². The average Bonchev–Trinajstić information content (AvgIpc) is 2.64. The zero-order valence-corrected chi connectivity index (χ0v) is 11.7. The van der Waals surface area contributed by atoms with Crippen LogP contribution in [0.1, 0.15) is 69.3 Å². The summed E-state index contributed by atoms with van der Waals surface area (Å²) in [6.07, 6.45) is 9.07. The van der Waals surface area contributed by atoms with E-state index in [9.17, 15) is 0 Å². The zero-order valence-electron chi connectivity index (χ0n) is 11.7. The summed E-state index contributed by atoms with van der Waals surface area (Å²) < 4.78 is 0. The lowest BCUT2D eigenvalue weighted by Crippen LogP contribution is -2.09. The number of aromatic nitrogens is 2. The van der Waals surface area contributed by atoms with E-state index in [1.54, 1.807) is 0 Å². The van der Waals surface area contributed by atoms with Gasteiger partial charge in [-0.2, -0.15) is 0 Å². The fraction of sp³-hybridized carbons (Fsp3) is 0.733. The van der Waals surface area contributed by atoms with Crippen LogP contribution in [0, 0.1) is 6.92 Å². The van der Waals surface area contributed by atoms with Gasteiger partial charge in [0.05, 0.1) is 0 Å². The van der Waals surface area contributed by atoms with Gasteiger partial charge in [0.25, 0.3) is 0 Å². The largest absolute Gasteiger partial charge is 0.370 e. The van der Waals surface area contributed by atoms with Crippen molar-refractivity contribution < 1.29 is 0 Å². The molecule has 1 fully saturated rings. The average molecular weight is 247 g/mol. The van der Waals surface area contributed by atoms with E-state index in [1.165, 1.54) is 38.5 Å². The maximum atomic E-state index is 4.71. The number of nitrogens with zero attached hydrogens (tertiary/aromatic N) is 2. The predicted octanol–water partition coefficient (Wildman–Crippen LogP) is 4.04. The van der Waals surface area contributed by atoms with Crippen LogP contribution in [0.4, 0.5) is 5.82 Å². The Kier molecular flexibility index (Phi) is 4.97. The molecule has 1 heterocycles. The first-order chi connectivity index (χ1) is 8.79. The molecule has 1 aliphatic carbocycles. The minimum absolute atomic E-state index is 0.578. The van der Waals surface area contributed by atoms with E-state index in [0.717, 1.165) is 30.3 Å². The maximum Gasteiger partial charge on any atom is 0.134 e. The Morgan fingerprint density at radius 3 is 2.56 bits per heavy atom. The number of hydrogen-bond donors (Lipinski definition) is 1. The molecule has 0 atom stereocenters. The molecule has 1 aromatic rings. The molecule has 1 aliphatic rings. The van der Waals surface area contributed by atoms with Crippen molar-refractivity contribution in [3.8, 4) is 0 Å². The minimum Gasteiger partial charge on any atom is -0.370 e. The summed E-state index contributed by atoms with van der Waals surface area (Å²) in [5.74, 6) is 2.65. The van der Waals surface area contributed by atoms with Gasteiger partial charge in [0.15, 0.2) is 0 Å². The van der Waals surface area contributed by atoms with E-state index in [0.29, 0.717) is 5.92 Å². The third kappa shape index (κ3) is 3.69. The fourth-order valence-electron chi connectivity index (χ4n) is 2.66. The maximum absolute atomic E-state index is 4.71. The lowest BCUT2D eigenvalue weighted by Gasteiger charge is -2.14. The number of aryl methyl sites for hydroxylation is 1. The van der Waals surface area contributed by atoms with Crippen molar-refractivity contribution in [1.29, 1.82) is 0 Å². The van der Waals surface area contributed by atoms with Crippen LogP contribution >= 0.6 is 0 Å². The normalized spacial score (nSPS) is 17.4. The lowest BCUT2D eigenvalue weighted by atomic mass is 9.99. The third-order valence-electron chi connectivity index (χ3n) is 3.65. The highest BCUT2D eigenvalue weighted by atomic mass is 15.0. The van der Waals surface area contributed by atoms with Crippen molar-refractivity contribution in [3.05, 3.63) is 17.6 Å². The molecule has 2 rings (SSSR count). The van der Waals surface area contributed by atoms with E-state index in [4.69, 9.17) is 4.98 Å². The molecule has 0 unspecified atom stereocenters. The highest BCUT2D eigenvalue weighted by molar-refractivity contribution is 5.36. The Balaban J connectivity index is 2.12. The summed E-state index contributed by atoms with van der Waals surface area (Å²) in [6, 6.07) is 2.05. The quantitative estimate of drug-likeness (QED) is 0.816. The Morgan fingerprint density at radius 2 is 1.89 bits per heavy atom. The summed E-state index contributed by atoms with van der Waals surface area (Å²) >= 11 is 0. The number of hydrogen-bond acceptors (Lipinski definition) is 3. The summed E-state index contributed by atoms with van der Waals surface area (Å²) in [7, 11) is 0. The first kappa shape index (κ1) is 13.3. The van der Waals surface area contributed by atoms with Crippen molar-refractivity contribution in [2.75, 3.05) is 11.9 Å². The third-order valence-corrected chi connectivity index (χ3v) is 3.65. The molecule has 1 saturated carbocycles. The predicted molar refractivity (Wildman–Crippen MR) is 76.0 cm³/mol. The lowest BCUT2D eigenvalue weighted by molar-refractivity contribution is 0.559. The summed E-state index contributed by atoms with van der Waals surface area (Å²) in [5.41, 5.74) is 1.09. The van der Waals surface area contributed by atoms with Crippen LogP contribution in [0.2, 0.25) is 0 Å². The van der Waals surface area contributed by atoms with Gasteiger partial charge in [0, 0.05) is 24.2 Å². The van der Waals surface area contributed by atoms with Crippen LogP contribution < -0.4 is 5.32 Å². The monoisotopic (exact) mass is 247 g/mol. The first-order valence-electron chi connectivity index (χ1n) is 7.39. The molecule has 0 aromatic carbocycles. The van der Waals surface area contributed by atoms with Gasteiger partial charge >= 0.3 is 0 Å². The van der Waals surface area contributed by atoms with E-state index in [-0.39, 0.29) is 0 Å². The van der Waals surface area contributed by atoms with Crippen LogP contribution in [0.5, 0.6) is 0 Å². The Bertz CT molecular complexity index is 368. The van der Waals surface area contributed by atoms with E-state index >= 15 is 0 Å². The highest BCUT2D eigenvalue weighted by Gasteiger charge is 2.17. The molecular formula is C15H25N3. The molecule has 0 bridgehead atoms. The van der Waals surface area contributed by atoms with Crippen molar-refractivity contribution in [2.24, 2.45) is 0 Å². The number of nitrogens with one attached hydrogen (secondary N) is 1. The molecule has 0 spiro atoms. The molecular weight excluding hydrogens is 222 g/mol. The van der Waals surface area contributed by atoms with Gasteiger partial charge in [-0.05, 0) is 26.2 Å². The molecule has 100 valence electrons. The molecule has 0 saturated heterocycles. The summed E-state index contributed by atoms with van der Waals surface area (Å²) in [5, 5.41) is 3.38. The molecule has 0 aliphatic heterocycles. The molecule has 3 nitrogen and oxygen atoms in total. The van der Waals surface area contributed by atoms with Crippen molar-refractivity contribution in [2.45, 2.75) is 64.7 Å². The second kappa shape index (κ2) is 6.72. The van der Waals surface area contributed by atoms with Crippen molar-refractivity contribution >= 4 is 5.82 Å². The highest BCUT2D eigenvalue weighted by Crippen LogP contribution is 2.30. The number of rotatable bonds is 4. The van der Waals surface area contributed by atoms with Gasteiger partial charge in [-0.15, -0.1) is 0 Å². The Morgan fingerprint density at radius 1 is 1.17 bits per heavy atom. The van der Waals surface area contributed by atoms with Gasteiger partial charge in [-0.25, -0.2) is 9.97 Å². The second-order valence-corrected chi connectivity index (χ2v) is 5.37. The molecule has 1 aromatic heterocycles. The first-order valence-corrected chi connectivity index (χ1v) is 7.39. The smallest absolute Gasteiger partial charge is 0.134 e. The van der Waals surface area contributed by atoms with Gasteiger partial charge < -0.3 is 5.32 Å². The minimum atomic E-state index is 0.578. The molecule has 0 radical (unpaired) electrons. The van der Waals surface area contributed by atoms with Gasteiger partial charge in [0.2, 0.25) is 0 Å². The molecule has 18 heavy (non-hydrogen) atoms. The van der Waals surface area contributed by atoms with Crippen LogP contribution in [0.3, 0.4) is 0 Å². The van der Waals surface area contributed by atoms with E-state index in [2.05, 4.69) is 30.2 Å². The summed E-state index contributed by atoms with van der Waals surface area (Å²) in [4.78, 5) is 9.37. The SMILES string of the molecule is CCCNc1cc(C)nc(C2CCCCCC2)n1. The Hall–Kier alpha value is -1.12. The Labute approximate surface area is 110 Å². The molecule has 0 amide bonds. The topological polar surface area (TPSA) is 37.8 Å². The fourth-order valence-corrected chi connectivity index (χ4v) is 2.66. The van der Waals surface area contributed by atoms with Crippen LogP contribution in [-0.4, -0.2) is 16.5 Å². The van der Waals surface area contributed by atoms with Gasteiger partial charge in [-0.3, -0.25) is 0 Å². The van der Waals surface area contributed by atoms with Crippen molar-refractivity contribution in [3.63, 3.8) is 0 Å². The standard InChI is InChI=1S/C15H25N3/c1-3-10-16-14-11-12(2)17-15(18-14)13-8-6-4-5-7-9-13/h11,13H,3-10H2,1-2H3,(H,16,17,18). The zero-order chi connectivity index (χ0) is 12.8.